The van der Waals surface area contributed by atoms with Crippen molar-refractivity contribution >= 4 is 28.7 Å². The van der Waals surface area contributed by atoms with Gasteiger partial charge in [0.15, 0.2) is 0 Å². The molecule has 1 saturated heterocycles. The van der Waals surface area contributed by atoms with Gasteiger partial charge < -0.3 is 45.7 Å². The average molecular weight is 543 g/mol. The Morgan fingerprint density at radius 1 is 1.18 bits per heavy atom. The molecule has 1 fully saturated rings. The zero-order valence-corrected chi connectivity index (χ0v) is 21.8. The Bertz CT molecular complexity index is 1310. The number of nitrogens with zero attached hydrogens (tertiary/aromatic N) is 3. The van der Waals surface area contributed by atoms with Crippen LogP contribution in [0.2, 0.25) is 0 Å². The van der Waals surface area contributed by atoms with E-state index >= 15 is 0 Å². The molecule has 3 atom stereocenters. The van der Waals surface area contributed by atoms with Gasteiger partial charge in [0.25, 0.3) is 11.8 Å². The summed E-state index contributed by atoms with van der Waals surface area (Å²) in [5, 5.41) is 34.7. The summed E-state index contributed by atoms with van der Waals surface area (Å²) in [5.41, 5.74) is 7.27. The Balaban J connectivity index is 1.39. The minimum absolute atomic E-state index is 0.119. The molecule has 7 N–H and O–H groups in total. The highest BCUT2D eigenvalue weighted by Gasteiger charge is 2.36. The summed E-state index contributed by atoms with van der Waals surface area (Å²) in [4.78, 5) is 33.8. The predicted molar refractivity (Wildman–Crippen MR) is 141 cm³/mol. The first-order valence-electron chi connectivity index (χ1n) is 12.6. The minimum atomic E-state index is -0.856. The Morgan fingerprint density at radius 3 is 2.59 bits per heavy atom. The molecule has 3 unspecified atom stereocenters. The first-order valence-corrected chi connectivity index (χ1v) is 12.6. The fourth-order valence-corrected chi connectivity index (χ4v) is 4.24. The van der Waals surface area contributed by atoms with Gasteiger partial charge in [0.2, 0.25) is 0 Å². The van der Waals surface area contributed by atoms with Gasteiger partial charge in [-0.2, -0.15) is 0 Å². The number of rotatable bonds is 11. The maximum atomic E-state index is 13.2. The summed E-state index contributed by atoms with van der Waals surface area (Å²) in [6.07, 6.45) is 0.827. The van der Waals surface area contributed by atoms with E-state index in [1.54, 1.807) is 48.9 Å². The van der Waals surface area contributed by atoms with Crippen molar-refractivity contribution in [1.82, 2.24) is 25.2 Å². The number of aliphatic hydroxyl groups excluding tert-OH is 3. The average Bonchev–Trinajstić information content (AvgIpc) is 3.51. The molecule has 3 heterocycles. The Morgan fingerprint density at radius 2 is 1.92 bits per heavy atom. The van der Waals surface area contributed by atoms with Gasteiger partial charge in [-0.05, 0) is 31.5 Å². The smallest absolute Gasteiger partial charge is 0.253 e. The molecule has 2 aromatic heterocycles. The number of fused-ring (bicyclic) bond motifs is 1. The largest absolute Gasteiger partial charge is 0.394 e. The first kappa shape index (κ1) is 28.4. The van der Waals surface area contributed by atoms with E-state index in [4.69, 9.17) is 15.2 Å². The molecule has 210 valence electrons. The lowest BCUT2D eigenvalue weighted by Crippen LogP contribution is -2.34. The van der Waals surface area contributed by atoms with Crippen LogP contribution in [0.3, 0.4) is 0 Å². The molecule has 3 aromatic rings. The van der Waals surface area contributed by atoms with Gasteiger partial charge in [-0.3, -0.25) is 9.59 Å². The summed E-state index contributed by atoms with van der Waals surface area (Å²) in [6, 6.07) is 6.80. The summed E-state index contributed by atoms with van der Waals surface area (Å²) in [6.45, 7) is 3.82. The molecule has 0 aliphatic carbocycles. The number of ether oxygens (including phenoxy) is 2. The molecule has 1 aromatic carbocycles. The quantitative estimate of drug-likeness (QED) is 0.181. The third-order valence-electron chi connectivity index (χ3n) is 6.51. The standard InChI is InChI=1S/C26H34N6O7/c1-26(2,13-34)38-8-7-28-24(36)16-5-3-15(4-6-16)10-29-25(37)17-11-32(20-9-18(35)19(12-33)39-20)23-21(17)22(27)30-14-31-23/h3-6,11,14,18-20,33-35H,7-10,12-13H2,1-2H3,(H,28,36)(H,29,37)(H2,27,30,31). The second-order valence-corrected chi connectivity index (χ2v) is 9.92. The number of anilines is 1. The molecule has 0 saturated carbocycles. The number of hydrogen-bond acceptors (Lipinski definition) is 10. The van der Waals surface area contributed by atoms with Gasteiger partial charge >= 0.3 is 0 Å². The molecule has 0 radical (unpaired) electrons. The van der Waals surface area contributed by atoms with Crippen molar-refractivity contribution in [3.8, 4) is 0 Å². The van der Waals surface area contributed by atoms with E-state index in [1.807, 2.05) is 0 Å². The molecule has 13 heteroatoms. The van der Waals surface area contributed by atoms with Crippen molar-refractivity contribution in [3.63, 3.8) is 0 Å². The summed E-state index contributed by atoms with van der Waals surface area (Å²) < 4.78 is 12.9. The number of hydrogen-bond donors (Lipinski definition) is 6. The SMILES string of the molecule is CC(C)(CO)OCCNC(=O)c1ccc(CNC(=O)c2cn(C3CC(O)C(CO)O3)c3ncnc(N)c23)cc1. The number of nitrogen functional groups attached to an aromatic ring is 1. The number of nitrogens with one attached hydrogen (secondary N) is 2. The van der Waals surface area contributed by atoms with Crippen LogP contribution in [0.25, 0.3) is 11.0 Å². The number of amides is 2. The van der Waals surface area contributed by atoms with Crippen molar-refractivity contribution in [3.05, 3.63) is 53.5 Å². The van der Waals surface area contributed by atoms with Crippen molar-refractivity contribution in [2.45, 2.75) is 50.8 Å². The van der Waals surface area contributed by atoms with Gasteiger partial charge in [0, 0.05) is 31.3 Å². The molecule has 39 heavy (non-hydrogen) atoms. The maximum Gasteiger partial charge on any atom is 0.253 e. The fourth-order valence-electron chi connectivity index (χ4n) is 4.24. The second kappa shape index (κ2) is 12.1. The van der Waals surface area contributed by atoms with Crippen molar-refractivity contribution in [2.75, 3.05) is 32.1 Å². The number of aromatic nitrogens is 3. The maximum absolute atomic E-state index is 13.2. The number of carbonyl (C=O) groups excluding carboxylic acids is 2. The van der Waals surface area contributed by atoms with Crippen LogP contribution in [0.15, 0.2) is 36.8 Å². The Kier molecular flexibility index (Phi) is 8.77. The van der Waals surface area contributed by atoms with Crippen LogP contribution in [0.4, 0.5) is 5.82 Å². The molecule has 2 amide bonds. The minimum Gasteiger partial charge on any atom is -0.394 e. The Labute approximate surface area is 225 Å². The van der Waals surface area contributed by atoms with Gasteiger partial charge in [0.05, 0.1) is 42.5 Å². The third kappa shape index (κ3) is 6.52. The molecule has 1 aliphatic rings. The number of aliphatic hydroxyl groups is 3. The lowest BCUT2D eigenvalue weighted by atomic mass is 10.1. The van der Waals surface area contributed by atoms with Crippen LogP contribution in [-0.4, -0.2) is 85.8 Å². The van der Waals surface area contributed by atoms with E-state index in [9.17, 15) is 24.9 Å². The lowest BCUT2D eigenvalue weighted by Gasteiger charge is -2.22. The molecular weight excluding hydrogens is 508 g/mol. The molecule has 4 rings (SSSR count). The lowest BCUT2D eigenvalue weighted by molar-refractivity contribution is -0.0513. The van der Waals surface area contributed by atoms with Crippen LogP contribution in [-0.2, 0) is 16.0 Å². The summed E-state index contributed by atoms with van der Waals surface area (Å²) in [5.74, 6) is -0.547. The molecule has 1 aliphatic heterocycles. The second-order valence-electron chi connectivity index (χ2n) is 9.92. The number of benzene rings is 1. The highest BCUT2D eigenvalue weighted by atomic mass is 16.5. The van der Waals surface area contributed by atoms with E-state index in [1.165, 1.54) is 6.33 Å². The van der Waals surface area contributed by atoms with E-state index in [0.29, 0.717) is 23.1 Å². The molecule has 13 nitrogen and oxygen atoms in total. The van der Waals surface area contributed by atoms with Gasteiger partial charge in [-0.15, -0.1) is 0 Å². The van der Waals surface area contributed by atoms with Crippen LogP contribution in [0, 0.1) is 0 Å². The van der Waals surface area contributed by atoms with E-state index in [2.05, 4.69) is 20.6 Å². The van der Waals surface area contributed by atoms with Crippen LogP contribution in [0.5, 0.6) is 0 Å². The Hall–Kier alpha value is -3.62. The molecule has 0 spiro atoms. The molecular formula is C26H34N6O7. The zero-order chi connectivity index (χ0) is 28.2. The van der Waals surface area contributed by atoms with Crippen molar-refractivity contribution in [2.24, 2.45) is 0 Å². The van der Waals surface area contributed by atoms with E-state index < -0.39 is 29.9 Å². The normalized spacial score (nSPS) is 19.4. The summed E-state index contributed by atoms with van der Waals surface area (Å²) in [7, 11) is 0. The van der Waals surface area contributed by atoms with Gasteiger partial charge in [0.1, 0.15) is 30.1 Å². The predicted octanol–water partition coefficient (Wildman–Crippen LogP) is 0.102. The van der Waals surface area contributed by atoms with Gasteiger partial charge in [-0.1, -0.05) is 12.1 Å². The van der Waals surface area contributed by atoms with Gasteiger partial charge in [-0.25, -0.2) is 9.97 Å². The zero-order valence-electron chi connectivity index (χ0n) is 21.8. The number of carbonyl (C=O) groups is 2. The van der Waals surface area contributed by atoms with Crippen LogP contribution >= 0.6 is 0 Å². The summed E-state index contributed by atoms with van der Waals surface area (Å²) >= 11 is 0. The highest BCUT2D eigenvalue weighted by Crippen LogP contribution is 2.34. The van der Waals surface area contributed by atoms with Crippen molar-refractivity contribution < 1.29 is 34.4 Å². The fraction of sp³-hybridized carbons (Fsp3) is 0.462. The van der Waals surface area contributed by atoms with E-state index in [0.717, 1.165) is 5.56 Å². The topological polar surface area (TPSA) is 194 Å². The molecule has 0 bridgehead atoms. The highest BCUT2D eigenvalue weighted by molar-refractivity contribution is 6.09. The first-order chi connectivity index (χ1) is 18.6. The van der Waals surface area contributed by atoms with Crippen molar-refractivity contribution in [1.29, 1.82) is 0 Å². The monoisotopic (exact) mass is 542 g/mol. The van der Waals surface area contributed by atoms with E-state index in [-0.39, 0.29) is 50.1 Å². The van der Waals surface area contributed by atoms with Crippen LogP contribution in [0.1, 0.15) is 52.8 Å². The number of nitrogens with two attached hydrogens (primary N) is 1. The van der Waals surface area contributed by atoms with Crippen LogP contribution < -0.4 is 16.4 Å². The third-order valence-corrected chi connectivity index (χ3v) is 6.51.